The first-order chi connectivity index (χ1) is 8.58. The van der Waals surface area contributed by atoms with Crippen molar-refractivity contribution in [2.75, 3.05) is 0 Å². The number of hydrogen-bond acceptors (Lipinski definition) is 2. The van der Waals surface area contributed by atoms with E-state index < -0.39 is 5.97 Å². The third kappa shape index (κ3) is 2.91. The molecule has 0 atom stereocenters. The SMILES string of the molecule is O=C(O)[C@H]1CC[C@H](C(=O)c2cccc(Cl)c2)CC1. The summed E-state index contributed by atoms with van der Waals surface area (Å²) in [5, 5.41) is 9.47. The van der Waals surface area contributed by atoms with Crippen LogP contribution >= 0.6 is 11.6 Å². The van der Waals surface area contributed by atoms with Gasteiger partial charge in [0.1, 0.15) is 0 Å². The molecule has 1 N–H and O–H groups in total. The number of ketones is 1. The molecule has 0 bridgehead atoms. The van der Waals surface area contributed by atoms with E-state index in [1.165, 1.54) is 0 Å². The second kappa shape index (κ2) is 5.53. The number of halogens is 1. The minimum atomic E-state index is -0.747. The molecule has 0 amide bonds. The van der Waals surface area contributed by atoms with Gasteiger partial charge in [0.15, 0.2) is 5.78 Å². The Labute approximate surface area is 111 Å². The molecule has 4 heteroatoms. The summed E-state index contributed by atoms with van der Waals surface area (Å²) in [7, 11) is 0. The number of carboxylic acid groups (broad SMARTS) is 1. The van der Waals surface area contributed by atoms with Crippen LogP contribution in [0.2, 0.25) is 5.02 Å². The van der Waals surface area contributed by atoms with E-state index in [1.54, 1.807) is 24.3 Å². The number of benzene rings is 1. The quantitative estimate of drug-likeness (QED) is 0.853. The van der Waals surface area contributed by atoms with Gasteiger partial charge in [0.2, 0.25) is 0 Å². The lowest BCUT2D eigenvalue weighted by Gasteiger charge is -2.25. The van der Waals surface area contributed by atoms with Gasteiger partial charge in [-0.25, -0.2) is 0 Å². The lowest BCUT2D eigenvalue weighted by molar-refractivity contribution is -0.143. The first-order valence-electron chi connectivity index (χ1n) is 6.10. The van der Waals surface area contributed by atoms with Gasteiger partial charge < -0.3 is 5.11 Å². The van der Waals surface area contributed by atoms with Crippen LogP contribution < -0.4 is 0 Å². The maximum Gasteiger partial charge on any atom is 0.306 e. The second-order valence-corrected chi connectivity index (χ2v) is 5.20. The van der Waals surface area contributed by atoms with E-state index in [0.717, 1.165) is 0 Å². The van der Waals surface area contributed by atoms with Gasteiger partial charge >= 0.3 is 5.97 Å². The van der Waals surface area contributed by atoms with Gasteiger partial charge in [-0.3, -0.25) is 9.59 Å². The van der Waals surface area contributed by atoms with Crippen molar-refractivity contribution in [2.45, 2.75) is 25.7 Å². The van der Waals surface area contributed by atoms with Crippen LogP contribution in [0.4, 0.5) is 0 Å². The number of rotatable bonds is 3. The maximum absolute atomic E-state index is 12.2. The van der Waals surface area contributed by atoms with Crippen molar-refractivity contribution in [2.24, 2.45) is 11.8 Å². The highest BCUT2D eigenvalue weighted by Gasteiger charge is 2.30. The lowest BCUT2D eigenvalue weighted by Crippen LogP contribution is -2.25. The van der Waals surface area contributed by atoms with Gasteiger partial charge in [0, 0.05) is 16.5 Å². The van der Waals surface area contributed by atoms with Crippen LogP contribution in [0.15, 0.2) is 24.3 Å². The lowest BCUT2D eigenvalue weighted by atomic mass is 9.78. The summed E-state index contributed by atoms with van der Waals surface area (Å²) in [5.74, 6) is -1.00. The monoisotopic (exact) mass is 266 g/mol. The average Bonchev–Trinajstić information content (AvgIpc) is 2.38. The summed E-state index contributed by atoms with van der Waals surface area (Å²) < 4.78 is 0. The standard InChI is InChI=1S/C14H15ClO3/c15-12-3-1-2-11(8-12)13(16)9-4-6-10(7-5-9)14(17)18/h1-3,8-10H,4-7H2,(H,17,18)/t9-,10-. The van der Waals surface area contributed by atoms with E-state index >= 15 is 0 Å². The minimum Gasteiger partial charge on any atom is -0.481 e. The van der Waals surface area contributed by atoms with E-state index in [0.29, 0.717) is 36.3 Å². The van der Waals surface area contributed by atoms with E-state index in [-0.39, 0.29) is 17.6 Å². The second-order valence-electron chi connectivity index (χ2n) is 4.76. The summed E-state index contributed by atoms with van der Waals surface area (Å²) in [6, 6.07) is 6.93. The number of aliphatic carboxylic acids is 1. The van der Waals surface area contributed by atoms with Gasteiger partial charge in [-0.15, -0.1) is 0 Å². The average molecular weight is 267 g/mol. The molecule has 0 saturated heterocycles. The zero-order valence-corrected chi connectivity index (χ0v) is 10.7. The number of carboxylic acids is 1. The molecule has 1 aromatic rings. The topological polar surface area (TPSA) is 54.4 Å². The molecule has 96 valence electrons. The molecule has 0 radical (unpaired) electrons. The Bertz CT molecular complexity index is 462. The molecule has 3 nitrogen and oxygen atoms in total. The van der Waals surface area contributed by atoms with Crippen LogP contribution in [-0.2, 0) is 4.79 Å². The van der Waals surface area contributed by atoms with Crippen LogP contribution in [0.25, 0.3) is 0 Å². The third-order valence-electron chi connectivity index (χ3n) is 3.56. The molecule has 0 unspecified atom stereocenters. The Morgan fingerprint density at radius 2 is 1.72 bits per heavy atom. The fourth-order valence-corrected chi connectivity index (χ4v) is 2.67. The molecule has 0 aliphatic heterocycles. The summed E-state index contributed by atoms with van der Waals surface area (Å²) in [4.78, 5) is 23.1. The van der Waals surface area contributed by atoms with Crippen LogP contribution in [-0.4, -0.2) is 16.9 Å². The van der Waals surface area contributed by atoms with Crippen LogP contribution in [0.3, 0.4) is 0 Å². The van der Waals surface area contributed by atoms with Crippen molar-refractivity contribution in [1.29, 1.82) is 0 Å². The smallest absolute Gasteiger partial charge is 0.306 e. The summed E-state index contributed by atoms with van der Waals surface area (Å²) in [5.41, 5.74) is 0.626. The molecule has 1 saturated carbocycles. The van der Waals surface area contributed by atoms with Crippen LogP contribution in [0.1, 0.15) is 36.0 Å². The molecule has 1 fully saturated rings. The van der Waals surface area contributed by atoms with E-state index in [1.807, 2.05) is 0 Å². The van der Waals surface area contributed by atoms with Crippen molar-refractivity contribution in [1.82, 2.24) is 0 Å². The normalized spacial score (nSPS) is 23.6. The molecule has 2 rings (SSSR count). The highest BCUT2D eigenvalue weighted by molar-refractivity contribution is 6.31. The van der Waals surface area contributed by atoms with Gasteiger partial charge in [-0.2, -0.15) is 0 Å². The zero-order valence-electron chi connectivity index (χ0n) is 9.93. The Balaban J connectivity index is 2.02. The summed E-state index contributed by atoms with van der Waals surface area (Å²) >= 11 is 5.86. The zero-order chi connectivity index (χ0) is 13.1. The number of Topliss-reactive ketones (excluding diaryl/α,β-unsaturated/α-hetero) is 1. The molecule has 1 aliphatic rings. The summed E-state index contributed by atoms with van der Waals surface area (Å²) in [6.07, 6.45) is 2.49. The number of hydrogen-bond donors (Lipinski definition) is 1. The largest absolute Gasteiger partial charge is 0.481 e. The fraction of sp³-hybridized carbons (Fsp3) is 0.429. The number of carbonyl (C=O) groups excluding carboxylic acids is 1. The van der Waals surface area contributed by atoms with Crippen molar-refractivity contribution in [3.05, 3.63) is 34.9 Å². The molecule has 1 aliphatic carbocycles. The Morgan fingerprint density at radius 1 is 1.11 bits per heavy atom. The number of carbonyl (C=O) groups is 2. The molecular weight excluding hydrogens is 252 g/mol. The first-order valence-corrected chi connectivity index (χ1v) is 6.48. The van der Waals surface area contributed by atoms with Gasteiger partial charge in [-0.1, -0.05) is 23.7 Å². The predicted molar refractivity (Wildman–Crippen MR) is 68.9 cm³/mol. The summed E-state index contributed by atoms with van der Waals surface area (Å²) in [6.45, 7) is 0. The van der Waals surface area contributed by atoms with E-state index in [2.05, 4.69) is 0 Å². The van der Waals surface area contributed by atoms with Crippen molar-refractivity contribution in [3.8, 4) is 0 Å². The predicted octanol–water partition coefficient (Wildman–Crippen LogP) is 3.41. The van der Waals surface area contributed by atoms with Gasteiger partial charge in [0.05, 0.1) is 5.92 Å². The molecule has 0 spiro atoms. The fourth-order valence-electron chi connectivity index (χ4n) is 2.48. The highest BCUT2D eigenvalue weighted by atomic mass is 35.5. The third-order valence-corrected chi connectivity index (χ3v) is 3.79. The Hall–Kier alpha value is -1.35. The Morgan fingerprint density at radius 3 is 2.28 bits per heavy atom. The molecule has 1 aromatic carbocycles. The first kappa shape index (κ1) is 13.1. The van der Waals surface area contributed by atoms with Crippen LogP contribution in [0, 0.1) is 11.8 Å². The van der Waals surface area contributed by atoms with Crippen molar-refractivity contribution in [3.63, 3.8) is 0 Å². The van der Waals surface area contributed by atoms with Crippen LogP contribution in [0.5, 0.6) is 0 Å². The van der Waals surface area contributed by atoms with Gasteiger partial charge in [-0.05, 0) is 37.8 Å². The van der Waals surface area contributed by atoms with Crippen molar-refractivity contribution < 1.29 is 14.7 Å². The van der Waals surface area contributed by atoms with Crippen molar-refractivity contribution >= 4 is 23.4 Å². The molecule has 18 heavy (non-hydrogen) atoms. The Kier molecular flexibility index (Phi) is 4.02. The molecule has 0 aromatic heterocycles. The maximum atomic E-state index is 12.2. The highest BCUT2D eigenvalue weighted by Crippen LogP contribution is 2.31. The van der Waals surface area contributed by atoms with Gasteiger partial charge in [0.25, 0.3) is 0 Å². The molecule has 0 heterocycles. The van der Waals surface area contributed by atoms with E-state index in [9.17, 15) is 9.59 Å². The minimum absolute atomic E-state index is 0.0564. The molecular formula is C14H15ClO3. The van der Waals surface area contributed by atoms with E-state index in [4.69, 9.17) is 16.7 Å².